The molecule has 3 amide bonds. The molecule has 2 saturated heterocycles. The third-order valence-corrected chi connectivity index (χ3v) is 11.2. The zero-order valence-corrected chi connectivity index (χ0v) is 28.9. The predicted molar refractivity (Wildman–Crippen MR) is 193 cm³/mol. The van der Waals surface area contributed by atoms with Gasteiger partial charge in [-0.05, 0) is 85.5 Å². The summed E-state index contributed by atoms with van der Waals surface area (Å²) >= 11 is 0.937. The zero-order valence-electron chi connectivity index (χ0n) is 28.1. The van der Waals surface area contributed by atoms with Crippen LogP contribution < -0.4 is 20.4 Å². The molecule has 3 aromatic carbocycles. The molecule has 9 nitrogen and oxygen atoms in total. The molecule has 2 fully saturated rings. The van der Waals surface area contributed by atoms with Crippen molar-refractivity contribution in [2.45, 2.75) is 19.3 Å². The van der Waals surface area contributed by atoms with Crippen LogP contribution in [0.5, 0.6) is 0 Å². The molecule has 1 spiro atoms. The van der Waals surface area contributed by atoms with Gasteiger partial charge in [-0.2, -0.15) is 0 Å². The van der Waals surface area contributed by atoms with E-state index in [4.69, 9.17) is 4.74 Å². The first kappa shape index (κ1) is 34.5. The number of anilines is 4. The van der Waals surface area contributed by atoms with Gasteiger partial charge in [0.2, 0.25) is 0 Å². The van der Waals surface area contributed by atoms with Gasteiger partial charge in [0.05, 0.1) is 16.1 Å². The highest BCUT2D eigenvalue weighted by Gasteiger charge is 2.45. The van der Waals surface area contributed by atoms with Crippen LogP contribution in [0.4, 0.5) is 40.4 Å². The third-order valence-electron chi connectivity index (χ3n) is 9.98. The number of amides is 3. The summed E-state index contributed by atoms with van der Waals surface area (Å²) < 4.78 is 63.4. The van der Waals surface area contributed by atoms with E-state index in [0.717, 1.165) is 74.7 Å². The molecule has 2 N–H and O–H groups in total. The molecule has 0 radical (unpaired) electrons. The second-order valence-corrected chi connectivity index (χ2v) is 14.4. The summed E-state index contributed by atoms with van der Waals surface area (Å²) in [5.74, 6) is -5.22. The van der Waals surface area contributed by atoms with Crippen molar-refractivity contribution in [2.75, 3.05) is 53.3 Å². The summed E-state index contributed by atoms with van der Waals surface area (Å²) in [6, 6.07) is 16.3. The summed E-state index contributed by atoms with van der Waals surface area (Å²) in [7, 11) is 0. The third kappa shape index (κ3) is 6.52. The van der Waals surface area contributed by atoms with Crippen LogP contribution in [-0.4, -0.2) is 55.6 Å². The average molecular weight is 742 g/mol. The molecule has 3 aliphatic heterocycles. The number of rotatable bonds is 6. The van der Waals surface area contributed by atoms with Gasteiger partial charge in [0.25, 0.3) is 17.7 Å². The number of nitrogens with one attached hydrogen (secondary N) is 2. The quantitative estimate of drug-likeness (QED) is 0.173. The Morgan fingerprint density at radius 1 is 0.811 bits per heavy atom. The van der Waals surface area contributed by atoms with Crippen molar-refractivity contribution in [3.05, 3.63) is 124 Å². The number of para-hydroxylation sites is 1. The molecule has 270 valence electrons. The van der Waals surface area contributed by atoms with E-state index in [1.165, 1.54) is 29.2 Å². The minimum Gasteiger partial charge on any atom is -0.381 e. The number of halogens is 4. The Balaban J connectivity index is 0.999. The van der Waals surface area contributed by atoms with Gasteiger partial charge in [0.1, 0.15) is 23.1 Å². The van der Waals surface area contributed by atoms with Gasteiger partial charge in [-0.15, -0.1) is 11.3 Å². The molecule has 5 heterocycles. The van der Waals surface area contributed by atoms with Gasteiger partial charge in [0, 0.05) is 72.2 Å². The maximum atomic E-state index is 14.7. The molecule has 3 aliphatic rings. The molecule has 2 aromatic heterocycles. The van der Waals surface area contributed by atoms with Crippen LogP contribution in [0.15, 0.2) is 79.0 Å². The van der Waals surface area contributed by atoms with Crippen LogP contribution in [0.25, 0.3) is 10.4 Å². The van der Waals surface area contributed by atoms with E-state index in [-0.39, 0.29) is 46.0 Å². The lowest BCUT2D eigenvalue weighted by molar-refractivity contribution is -0.000510. The highest BCUT2D eigenvalue weighted by Crippen LogP contribution is 2.44. The van der Waals surface area contributed by atoms with Crippen molar-refractivity contribution in [3.8, 4) is 10.4 Å². The van der Waals surface area contributed by atoms with Gasteiger partial charge in [-0.3, -0.25) is 14.4 Å². The molecule has 0 atom stereocenters. The maximum Gasteiger partial charge on any atom is 0.265 e. The Morgan fingerprint density at radius 2 is 1.53 bits per heavy atom. The summed E-state index contributed by atoms with van der Waals surface area (Å²) in [5, 5.41) is 5.14. The van der Waals surface area contributed by atoms with Crippen LogP contribution in [0.1, 0.15) is 48.8 Å². The maximum absolute atomic E-state index is 14.7. The number of ether oxygens (including phenoxy) is 1. The van der Waals surface area contributed by atoms with E-state index in [0.29, 0.717) is 27.5 Å². The average Bonchev–Trinajstić information content (AvgIpc) is 3.52. The Labute approximate surface area is 305 Å². The van der Waals surface area contributed by atoms with E-state index >= 15 is 0 Å². The number of aromatic nitrogens is 1. The van der Waals surface area contributed by atoms with Crippen molar-refractivity contribution >= 4 is 51.9 Å². The number of fused-ring (bicyclic) bond motifs is 3. The number of carbonyl (C=O) groups excluding carboxylic acids is 3. The van der Waals surface area contributed by atoms with Crippen LogP contribution in [-0.2, 0) is 11.2 Å². The first-order valence-corrected chi connectivity index (χ1v) is 17.8. The Morgan fingerprint density at radius 3 is 2.26 bits per heavy atom. The van der Waals surface area contributed by atoms with Crippen LogP contribution in [0.3, 0.4) is 0 Å². The number of benzene rings is 3. The normalized spacial score (nSPS) is 15.9. The highest BCUT2D eigenvalue weighted by molar-refractivity contribution is 7.17. The van der Waals surface area contributed by atoms with E-state index in [1.54, 1.807) is 30.5 Å². The van der Waals surface area contributed by atoms with E-state index in [1.807, 2.05) is 0 Å². The molecular weight excluding hydrogens is 711 g/mol. The van der Waals surface area contributed by atoms with Crippen LogP contribution in [0.2, 0.25) is 0 Å². The van der Waals surface area contributed by atoms with E-state index in [2.05, 4.69) is 20.5 Å². The second kappa shape index (κ2) is 13.7. The van der Waals surface area contributed by atoms with Gasteiger partial charge in [-0.1, -0.05) is 6.07 Å². The monoisotopic (exact) mass is 741 g/mol. The lowest BCUT2D eigenvalue weighted by Gasteiger charge is -2.53. The van der Waals surface area contributed by atoms with Gasteiger partial charge < -0.3 is 25.2 Å². The largest absolute Gasteiger partial charge is 0.381 e. The smallest absolute Gasteiger partial charge is 0.265 e. The lowest BCUT2D eigenvalue weighted by atomic mass is 9.73. The Bertz CT molecular complexity index is 2250. The first-order valence-electron chi connectivity index (χ1n) is 17.0. The molecule has 0 aliphatic carbocycles. The minimum absolute atomic E-state index is 0.0523. The number of nitrogens with zero attached hydrogens (tertiary/aromatic N) is 3. The van der Waals surface area contributed by atoms with Gasteiger partial charge >= 0.3 is 0 Å². The fourth-order valence-electron chi connectivity index (χ4n) is 7.16. The summed E-state index contributed by atoms with van der Waals surface area (Å²) in [6.07, 6.45) is 3.83. The van der Waals surface area contributed by atoms with Crippen LogP contribution >= 0.6 is 11.3 Å². The molecular formula is C39H31F4N5O4S. The Hall–Kier alpha value is -5.60. The van der Waals surface area contributed by atoms with Gasteiger partial charge in [-0.25, -0.2) is 22.5 Å². The molecule has 5 aromatic rings. The van der Waals surface area contributed by atoms with E-state index < -0.39 is 40.8 Å². The van der Waals surface area contributed by atoms with Crippen molar-refractivity contribution in [1.82, 2.24) is 4.98 Å². The molecule has 0 saturated carbocycles. The summed E-state index contributed by atoms with van der Waals surface area (Å²) in [5.41, 5.74) is 1.55. The van der Waals surface area contributed by atoms with Crippen molar-refractivity contribution in [2.24, 2.45) is 5.41 Å². The Kier molecular flexibility index (Phi) is 8.95. The molecule has 0 unspecified atom stereocenters. The number of hydrogen-bond acceptors (Lipinski definition) is 7. The predicted octanol–water partition coefficient (Wildman–Crippen LogP) is 7.69. The zero-order chi connectivity index (χ0) is 36.9. The van der Waals surface area contributed by atoms with E-state index in [9.17, 15) is 31.9 Å². The number of hydrogen-bond donors (Lipinski definition) is 2. The number of pyridine rings is 1. The summed E-state index contributed by atoms with van der Waals surface area (Å²) in [6.45, 7) is 3.14. The standard InChI is InChI=1S/C39H31F4N5O4S/c40-27-4-1-5-28(41)33(27)46-37(50)32-17-23-10-14-48(31-19-30(43)29(42)18-26(31)34(23)53-32)38(51)22-6-8-24(9-7-22)45-36(49)25-3-2-13-44-35(25)47-20-39(21-47)11-15-52-16-12-39/h1-9,13,17-19H,10-12,14-16,20-21H2,(H,45,49)(H,46,50). The minimum atomic E-state index is -1.16. The lowest BCUT2D eigenvalue weighted by Crippen LogP contribution is -2.59. The first-order chi connectivity index (χ1) is 25.6. The van der Waals surface area contributed by atoms with Crippen molar-refractivity contribution < 1.29 is 36.7 Å². The fourth-order valence-corrected chi connectivity index (χ4v) is 8.29. The molecule has 53 heavy (non-hydrogen) atoms. The van der Waals surface area contributed by atoms with Crippen LogP contribution in [0, 0.1) is 28.7 Å². The second-order valence-electron chi connectivity index (χ2n) is 13.4. The topological polar surface area (TPSA) is 104 Å². The molecule has 14 heteroatoms. The van der Waals surface area contributed by atoms with Crippen molar-refractivity contribution in [3.63, 3.8) is 0 Å². The van der Waals surface area contributed by atoms with Crippen molar-refractivity contribution in [1.29, 1.82) is 0 Å². The number of carbonyl (C=O) groups is 3. The molecule has 0 bridgehead atoms. The highest BCUT2D eigenvalue weighted by atomic mass is 32.1. The van der Waals surface area contributed by atoms with Gasteiger partial charge in [0.15, 0.2) is 11.6 Å². The number of thiophene rings is 1. The SMILES string of the molecule is O=C(Nc1c(F)cccc1F)c1cc2c(s1)-c1cc(F)c(F)cc1N(C(=O)c1ccc(NC(=O)c3cccnc3N3CC4(CCOCC4)C3)cc1)CC2. The molecule has 8 rings (SSSR count). The fraction of sp³-hybridized carbons (Fsp3) is 0.231. The summed E-state index contributed by atoms with van der Waals surface area (Å²) in [4.78, 5) is 48.9.